The number of esters is 1. The molecule has 0 unspecified atom stereocenters. The zero-order chi connectivity index (χ0) is 12.0. The largest absolute Gasteiger partial charge is 0.466 e. The van der Waals surface area contributed by atoms with Gasteiger partial charge >= 0.3 is 5.97 Å². The molecular formula is C14H24O2. The van der Waals surface area contributed by atoms with Crippen molar-refractivity contribution in [1.29, 1.82) is 0 Å². The van der Waals surface area contributed by atoms with Gasteiger partial charge in [-0.1, -0.05) is 38.8 Å². The van der Waals surface area contributed by atoms with Gasteiger partial charge in [0.1, 0.15) is 0 Å². The van der Waals surface area contributed by atoms with Crippen molar-refractivity contribution in [2.75, 3.05) is 6.61 Å². The van der Waals surface area contributed by atoms with Crippen LogP contribution in [0.4, 0.5) is 0 Å². The lowest BCUT2D eigenvalue weighted by Crippen LogP contribution is -2.17. The molecule has 0 radical (unpaired) electrons. The number of carbonyl (C=O) groups excluding carboxylic acids is 1. The second-order valence-corrected chi connectivity index (χ2v) is 5.37. The van der Waals surface area contributed by atoms with Gasteiger partial charge in [-0.05, 0) is 31.1 Å². The Morgan fingerprint density at radius 2 is 2.00 bits per heavy atom. The zero-order valence-electron chi connectivity index (χ0n) is 10.8. The minimum absolute atomic E-state index is 0.0746. The molecule has 0 aromatic carbocycles. The van der Waals surface area contributed by atoms with Crippen molar-refractivity contribution in [2.24, 2.45) is 11.3 Å². The number of allylic oxidation sites excluding steroid dienone is 2. The Morgan fingerprint density at radius 3 is 2.56 bits per heavy atom. The standard InChI is InChI=1S/C14H24O2/c1-4-16-13(15)11-14(2,3)10-9-12-7-5-6-8-12/h9-10,12H,4-8,11H2,1-3H3/b10-9+. The van der Waals surface area contributed by atoms with Crippen molar-refractivity contribution >= 4 is 5.97 Å². The summed E-state index contributed by atoms with van der Waals surface area (Å²) < 4.78 is 4.98. The Bertz CT molecular complexity index is 247. The van der Waals surface area contributed by atoms with Gasteiger partial charge in [-0.25, -0.2) is 0 Å². The lowest BCUT2D eigenvalue weighted by Gasteiger charge is -2.19. The molecule has 0 bridgehead atoms. The van der Waals surface area contributed by atoms with E-state index in [0.29, 0.717) is 13.0 Å². The lowest BCUT2D eigenvalue weighted by atomic mass is 9.87. The Morgan fingerprint density at radius 1 is 1.38 bits per heavy atom. The van der Waals surface area contributed by atoms with Crippen molar-refractivity contribution in [3.63, 3.8) is 0 Å². The highest BCUT2D eigenvalue weighted by Gasteiger charge is 2.21. The maximum atomic E-state index is 11.4. The molecule has 0 aliphatic heterocycles. The number of carbonyl (C=O) groups is 1. The normalized spacial score (nSPS) is 18.2. The molecule has 1 rings (SSSR count). The number of rotatable bonds is 5. The molecule has 0 saturated heterocycles. The van der Waals surface area contributed by atoms with Gasteiger partial charge in [0, 0.05) is 0 Å². The van der Waals surface area contributed by atoms with E-state index in [0.717, 1.165) is 5.92 Å². The lowest BCUT2D eigenvalue weighted by molar-refractivity contribution is -0.144. The minimum atomic E-state index is -0.0939. The highest BCUT2D eigenvalue weighted by molar-refractivity contribution is 5.70. The Hall–Kier alpha value is -0.790. The first-order chi connectivity index (χ1) is 7.53. The molecule has 0 heterocycles. The van der Waals surface area contributed by atoms with Gasteiger partial charge in [0.25, 0.3) is 0 Å². The monoisotopic (exact) mass is 224 g/mol. The highest BCUT2D eigenvalue weighted by atomic mass is 16.5. The van der Waals surface area contributed by atoms with Crippen LogP contribution in [-0.4, -0.2) is 12.6 Å². The van der Waals surface area contributed by atoms with Crippen molar-refractivity contribution < 1.29 is 9.53 Å². The Balaban J connectivity index is 2.40. The third-order valence-electron chi connectivity index (χ3n) is 3.12. The van der Waals surface area contributed by atoms with E-state index >= 15 is 0 Å². The summed E-state index contributed by atoms with van der Waals surface area (Å²) in [5.41, 5.74) is -0.0746. The van der Waals surface area contributed by atoms with Crippen molar-refractivity contribution in [1.82, 2.24) is 0 Å². The van der Waals surface area contributed by atoms with Crippen molar-refractivity contribution in [3.05, 3.63) is 12.2 Å². The minimum Gasteiger partial charge on any atom is -0.466 e. The summed E-state index contributed by atoms with van der Waals surface area (Å²) >= 11 is 0. The fourth-order valence-corrected chi connectivity index (χ4v) is 2.19. The van der Waals surface area contributed by atoms with E-state index in [1.807, 2.05) is 6.92 Å². The first-order valence-corrected chi connectivity index (χ1v) is 6.38. The first-order valence-electron chi connectivity index (χ1n) is 6.38. The topological polar surface area (TPSA) is 26.3 Å². The Kier molecular flexibility index (Phi) is 5.04. The van der Waals surface area contributed by atoms with Crippen molar-refractivity contribution in [3.8, 4) is 0 Å². The number of ether oxygens (including phenoxy) is 1. The summed E-state index contributed by atoms with van der Waals surface area (Å²) in [7, 11) is 0. The van der Waals surface area contributed by atoms with E-state index < -0.39 is 0 Å². The first kappa shape index (κ1) is 13.3. The number of hydrogen-bond acceptors (Lipinski definition) is 2. The third kappa shape index (κ3) is 4.82. The van der Waals surface area contributed by atoms with E-state index in [4.69, 9.17) is 4.74 Å². The van der Waals surface area contributed by atoms with Gasteiger partial charge in [0.15, 0.2) is 0 Å². The fraction of sp³-hybridized carbons (Fsp3) is 0.786. The fourth-order valence-electron chi connectivity index (χ4n) is 2.19. The van der Waals surface area contributed by atoms with Gasteiger partial charge in [0.05, 0.1) is 13.0 Å². The molecule has 0 aromatic rings. The van der Waals surface area contributed by atoms with E-state index in [9.17, 15) is 4.79 Å². The highest BCUT2D eigenvalue weighted by Crippen LogP contribution is 2.29. The van der Waals surface area contributed by atoms with Crippen LogP contribution in [0.3, 0.4) is 0 Å². The molecule has 92 valence electrons. The Labute approximate surface area is 99.1 Å². The van der Waals surface area contributed by atoms with Crippen LogP contribution < -0.4 is 0 Å². The molecule has 0 aromatic heterocycles. The van der Waals surface area contributed by atoms with Crippen LogP contribution in [0.5, 0.6) is 0 Å². The van der Waals surface area contributed by atoms with Crippen LogP contribution >= 0.6 is 0 Å². The molecule has 1 aliphatic carbocycles. The molecule has 2 nitrogen and oxygen atoms in total. The van der Waals surface area contributed by atoms with Gasteiger partial charge in [0.2, 0.25) is 0 Å². The molecule has 1 saturated carbocycles. The average Bonchev–Trinajstić information content (AvgIpc) is 2.66. The molecule has 0 atom stereocenters. The van der Waals surface area contributed by atoms with Gasteiger partial charge in [-0.15, -0.1) is 0 Å². The average molecular weight is 224 g/mol. The second kappa shape index (κ2) is 6.07. The second-order valence-electron chi connectivity index (χ2n) is 5.37. The number of hydrogen-bond donors (Lipinski definition) is 0. The van der Waals surface area contributed by atoms with Crippen LogP contribution in [-0.2, 0) is 9.53 Å². The van der Waals surface area contributed by atoms with E-state index in [2.05, 4.69) is 26.0 Å². The van der Waals surface area contributed by atoms with Crippen LogP contribution in [0, 0.1) is 11.3 Å². The molecule has 0 N–H and O–H groups in total. The van der Waals surface area contributed by atoms with Gasteiger partial charge in [-0.2, -0.15) is 0 Å². The SMILES string of the molecule is CCOC(=O)CC(C)(C)/C=C/C1CCCC1. The molecule has 2 heteroatoms. The van der Waals surface area contributed by atoms with Gasteiger partial charge < -0.3 is 4.74 Å². The zero-order valence-corrected chi connectivity index (χ0v) is 10.8. The maximum absolute atomic E-state index is 11.4. The van der Waals surface area contributed by atoms with Crippen LogP contribution in [0.25, 0.3) is 0 Å². The third-order valence-corrected chi connectivity index (χ3v) is 3.12. The van der Waals surface area contributed by atoms with E-state index in [1.165, 1.54) is 25.7 Å². The summed E-state index contributed by atoms with van der Waals surface area (Å²) in [5.74, 6) is 0.644. The smallest absolute Gasteiger partial charge is 0.306 e. The molecule has 16 heavy (non-hydrogen) atoms. The summed E-state index contributed by atoms with van der Waals surface area (Å²) in [6.45, 7) is 6.51. The summed E-state index contributed by atoms with van der Waals surface area (Å²) in [6.07, 6.45) is 10.3. The molecule has 1 fully saturated rings. The van der Waals surface area contributed by atoms with Crippen LogP contribution in [0.1, 0.15) is 52.9 Å². The molecule has 1 aliphatic rings. The van der Waals surface area contributed by atoms with Crippen molar-refractivity contribution in [2.45, 2.75) is 52.9 Å². The van der Waals surface area contributed by atoms with Gasteiger partial charge in [-0.3, -0.25) is 4.79 Å². The van der Waals surface area contributed by atoms with E-state index in [-0.39, 0.29) is 11.4 Å². The van der Waals surface area contributed by atoms with E-state index in [1.54, 1.807) is 0 Å². The maximum Gasteiger partial charge on any atom is 0.306 e. The molecule has 0 spiro atoms. The summed E-state index contributed by atoms with van der Waals surface area (Å²) in [5, 5.41) is 0. The predicted octanol–water partition coefficient (Wildman–Crippen LogP) is 3.71. The quantitative estimate of drug-likeness (QED) is 0.525. The van der Waals surface area contributed by atoms with Crippen LogP contribution in [0.15, 0.2) is 12.2 Å². The summed E-state index contributed by atoms with van der Waals surface area (Å²) in [6, 6.07) is 0. The molecule has 0 amide bonds. The van der Waals surface area contributed by atoms with Crippen LogP contribution in [0.2, 0.25) is 0 Å². The molecular weight excluding hydrogens is 200 g/mol. The predicted molar refractivity (Wildman–Crippen MR) is 66.1 cm³/mol. The summed E-state index contributed by atoms with van der Waals surface area (Å²) in [4.78, 5) is 11.4.